The molecule has 2 heterocycles. The van der Waals surface area contributed by atoms with Crippen LogP contribution in [0, 0.1) is 0 Å². The van der Waals surface area contributed by atoms with Gasteiger partial charge in [0.2, 0.25) is 0 Å². The molecule has 16 heavy (non-hydrogen) atoms. The molecule has 90 valence electrons. The first-order chi connectivity index (χ1) is 7.63. The first-order valence-electron chi connectivity index (χ1n) is 5.13. The average Bonchev–Trinajstić information content (AvgIpc) is 2.86. The van der Waals surface area contributed by atoms with E-state index in [0.29, 0.717) is 24.5 Å². The molecule has 0 amide bonds. The number of rotatable bonds is 4. The number of aromatic nitrogens is 2. The third-order valence-electron chi connectivity index (χ3n) is 2.57. The maximum Gasteiger partial charge on any atom is 0.302 e. The van der Waals surface area contributed by atoms with Gasteiger partial charge in [0.05, 0.1) is 6.20 Å². The Morgan fingerprint density at radius 1 is 1.50 bits per heavy atom. The van der Waals surface area contributed by atoms with Gasteiger partial charge in [-0.05, 0) is 12.8 Å². The van der Waals surface area contributed by atoms with Gasteiger partial charge in [0, 0.05) is 25.2 Å². The Balaban J connectivity index is 2.14. The van der Waals surface area contributed by atoms with Crippen molar-refractivity contribution in [3.63, 3.8) is 0 Å². The fourth-order valence-electron chi connectivity index (χ4n) is 1.68. The predicted octanol–water partition coefficient (Wildman–Crippen LogP) is -0.379. The second-order valence-corrected chi connectivity index (χ2v) is 5.36. The Kier molecular flexibility index (Phi) is 3.13. The molecule has 0 unspecified atom stereocenters. The van der Waals surface area contributed by atoms with Crippen LogP contribution in [-0.2, 0) is 16.8 Å². The normalized spacial score (nSPS) is 17.8. The molecule has 4 N–H and O–H groups in total. The molecule has 0 bridgehead atoms. The van der Waals surface area contributed by atoms with Gasteiger partial charge in [-0.25, -0.2) is 0 Å². The van der Waals surface area contributed by atoms with Crippen LogP contribution in [0.25, 0.3) is 0 Å². The lowest BCUT2D eigenvalue weighted by Crippen LogP contribution is -2.33. The lowest BCUT2D eigenvalue weighted by molar-refractivity contribution is 0.482. The van der Waals surface area contributed by atoms with Crippen molar-refractivity contribution in [3.8, 4) is 0 Å². The van der Waals surface area contributed by atoms with E-state index in [4.69, 9.17) is 5.73 Å². The van der Waals surface area contributed by atoms with E-state index in [9.17, 15) is 8.42 Å². The van der Waals surface area contributed by atoms with E-state index in [1.54, 1.807) is 0 Å². The lowest BCUT2D eigenvalue weighted by Gasteiger charge is -2.16. The molecule has 1 saturated heterocycles. The second kappa shape index (κ2) is 4.40. The zero-order chi connectivity index (χ0) is 11.6. The molecule has 8 heteroatoms. The summed E-state index contributed by atoms with van der Waals surface area (Å²) in [6, 6.07) is 0. The van der Waals surface area contributed by atoms with Crippen LogP contribution in [0.5, 0.6) is 0 Å². The van der Waals surface area contributed by atoms with Gasteiger partial charge in [0.15, 0.2) is 0 Å². The van der Waals surface area contributed by atoms with E-state index in [1.165, 1.54) is 10.5 Å². The fourth-order valence-corrected chi connectivity index (χ4v) is 2.98. The van der Waals surface area contributed by atoms with Crippen molar-refractivity contribution in [1.82, 2.24) is 14.5 Å². The number of nitrogens with zero attached hydrogens (tertiary/aromatic N) is 2. The zero-order valence-corrected chi connectivity index (χ0v) is 9.63. The summed E-state index contributed by atoms with van der Waals surface area (Å²) in [6.45, 7) is 1.39. The summed E-state index contributed by atoms with van der Waals surface area (Å²) < 4.78 is 27.7. The van der Waals surface area contributed by atoms with Gasteiger partial charge in [-0.1, -0.05) is 0 Å². The highest BCUT2D eigenvalue weighted by atomic mass is 32.2. The zero-order valence-electron chi connectivity index (χ0n) is 8.81. The summed E-state index contributed by atoms with van der Waals surface area (Å²) in [5.74, 6) is 0.356. The van der Waals surface area contributed by atoms with Crippen LogP contribution in [0.15, 0.2) is 6.20 Å². The molecule has 1 aromatic heterocycles. The second-order valence-electron chi connectivity index (χ2n) is 3.69. The summed E-state index contributed by atoms with van der Waals surface area (Å²) in [6.07, 6.45) is 3.34. The molecule has 1 aliphatic heterocycles. The third-order valence-corrected chi connectivity index (χ3v) is 4.08. The molecule has 7 nitrogen and oxygen atoms in total. The largest absolute Gasteiger partial charge is 0.326 e. The van der Waals surface area contributed by atoms with Gasteiger partial charge in [0.25, 0.3) is 0 Å². The number of hydrogen-bond donors (Lipinski definition) is 3. The van der Waals surface area contributed by atoms with Crippen molar-refractivity contribution in [2.75, 3.05) is 17.8 Å². The maximum atomic E-state index is 11.9. The van der Waals surface area contributed by atoms with Gasteiger partial charge >= 0.3 is 10.2 Å². The van der Waals surface area contributed by atoms with Crippen molar-refractivity contribution in [2.45, 2.75) is 19.4 Å². The van der Waals surface area contributed by atoms with Crippen molar-refractivity contribution in [3.05, 3.63) is 11.8 Å². The molecule has 1 aromatic rings. The first-order valence-corrected chi connectivity index (χ1v) is 6.57. The number of nitrogens with two attached hydrogens (primary N) is 1. The molecule has 1 fully saturated rings. The SMILES string of the molecule is NCc1cn[nH]c1NS(=O)(=O)N1CCCC1. The summed E-state index contributed by atoms with van der Waals surface area (Å²) in [5.41, 5.74) is 6.11. The molecular weight excluding hydrogens is 230 g/mol. The van der Waals surface area contributed by atoms with Gasteiger partial charge in [0.1, 0.15) is 5.82 Å². The number of H-pyrrole nitrogens is 1. The predicted molar refractivity (Wildman–Crippen MR) is 59.8 cm³/mol. The molecule has 2 rings (SSSR count). The van der Waals surface area contributed by atoms with E-state index in [-0.39, 0.29) is 6.54 Å². The molecule has 1 aliphatic rings. The van der Waals surface area contributed by atoms with Gasteiger partial charge in [-0.15, -0.1) is 0 Å². The van der Waals surface area contributed by atoms with Crippen LogP contribution in [-0.4, -0.2) is 36.0 Å². The number of hydrogen-bond acceptors (Lipinski definition) is 4. The van der Waals surface area contributed by atoms with Crippen LogP contribution >= 0.6 is 0 Å². The van der Waals surface area contributed by atoms with Crippen molar-refractivity contribution < 1.29 is 8.42 Å². The number of anilines is 1. The van der Waals surface area contributed by atoms with Gasteiger partial charge in [-0.3, -0.25) is 9.82 Å². The van der Waals surface area contributed by atoms with Crippen molar-refractivity contribution in [1.29, 1.82) is 0 Å². The van der Waals surface area contributed by atoms with Crippen LogP contribution in [0.1, 0.15) is 18.4 Å². The van der Waals surface area contributed by atoms with Crippen LogP contribution in [0.3, 0.4) is 0 Å². The molecule has 0 aromatic carbocycles. The Bertz CT molecular complexity index is 449. The summed E-state index contributed by atoms with van der Waals surface area (Å²) in [4.78, 5) is 0. The fraction of sp³-hybridized carbons (Fsp3) is 0.625. The topological polar surface area (TPSA) is 104 Å². The van der Waals surface area contributed by atoms with E-state index in [2.05, 4.69) is 14.9 Å². The van der Waals surface area contributed by atoms with E-state index < -0.39 is 10.2 Å². The summed E-state index contributed by atoms with van der Waals surface area (Å²) in [7, 11) is -3.46. The van der Waals surface area contributed by atoms with Crippen molar-refractivity contribution in [2.24, 2.45) is 5.73 Å². The minimum Gasteiger partial charge on any atom is -0.326 e. The van der Waals surface area contributed by atoms with Gasteiger partial charge in [-0.2, -0.15) is 17.8 Å². The molecule has 0 aliphatic carbocycles. The molecular formula is C8H15N5O2S. The smallest absolute Gasteiger partial charge is 0.302 e. The molecule has 0 radical (unpaired) electrons. The van der Waals surface area contributed by atoms with Crippen LogP contribution in [0.4, 0.5) is 5.82 Å². The van der Waals surface area contributed by atoms with E-state index in [1.807, 2.05) is 0 Å². The maximum absolute atomic E-state index is 11.9. The van der Waals surface area contributed by atoms with Gasteiger partial charge < -0.3 is 5.73 Å². The molecule has 0 saturated carbocycles. The Morgan fingerprint density at radius 3 is 2.81 bits per heavy atom. The molecule has 0 atom stereocenters. The van der Waals surface area contributed by atoms with Crippen LogP contribution < -0.4 is 10.5 Å². The lowest BCUT2D eigenvalue weighted by atomic mass is 10.3. The molecule has 0 spiro atoms. The first kappa shape index (κ1) is 11.4. The highest BCUT2D eigenvalue weighted by Crippen LogP contribution is 2.17. The average molecular weight is 245 g/mol. The summed E-state index contributed by atoms with van der Waals surface area (Å²) >= 11 is 0. The Labute approximate surface area is 94.2 Å². The highest BCUT2D eigenvalue weighted by Gasteiger charge is 2.26. The summed E-state index contributed by atoms with van der Waals surface area (Å²) in [5, 5.41) is 6.34. The Hall–Kier alpha value is -1.12. The highest BCUT2D eigenvalue weighted by molar-refractivity contribution is 7.90. The Morgan fingerprint density at radius 2 is 2.19 bits per heavy atom. The van der Waals surface area contributed by atoms with Crippen LogP contribution in [0.2, 0.25) is 0 Å². The number of aromatic amines is 1. The minimum absolute atomic E-state index is 0.244. The van der Waals surface area contributed by atoms with Crippen molar-refractivity contribution >= 4 is 16.0 Å². The quantitative estimate of drug-likeness (QED) is 0.672. The monoisotopic (exact) mass is 245 g/mol. The number of nitrogens with one attached hydrogen (secondary N) is 2. The van der Waals surface area contributed by atoms with E-state index >= 15 is 0 Å². The minimum atomic E-state index is -3.46. The standard InChI is InChI=1S/C8H15N5O2S/c9-5-7-6-10-11-8(7)12-16(14,15)13-3-1-2-4-13/h6H,1-5,9H2,(H2,10,11,12). The van der Waals surface area contributed by atoms with E-state index in [0.717, 1.165) is 12.8 Å². The third kappa shape index (κ3) is 2.18.